The van der Waals surface area contributed by atoms with Crippen molar-refractivity contribution in [2.75, 3.05) is 38.0 Å². The van der Waals surface area contributed by atoms with Crippen molar-refractivity contribution in [3.05, 3.63) is 65.0 Å². The Morgan fingerprint density at radius 2 is 1.54 bits per heavy atom. The molecule has 4 nitrogen and oxygen atoms in total. The minimum Gasteiger partial charge on any atom is -0.322 e. The second kappa shape index (κ2) is 8.43. The van der Waals surface area contributed by atoms with Crippen molar-refractivity contribution >= 4 is 11.6 Å². The van der Waals surface area contributed by atoms with E-state index in [4.69, 9.17) is 0 Å². The summed E-state index contributed by atoms with van der Waals surface area (Å²) in [5, 5.41) is 2.85. The third-order valence-electron chi connectivity index (χ3n) is 4.94. The smallest absolute Gasteiger partial charge is 0.279 e. The quantitative estimate of drug-likeness (QED) is 0.711. The monoisotopic (exact) mass is 357 g/mol. The molecule has 0 atom stereocenters. The largest absolute Gasteiger partial charge is 0.322 e. The van der Waals surface area contributed by atoms with E-state index in [1.807, 2.05) is 0 Å². The second-order valence-corrected chi connectivity index (χ2v) is 7.40. The van der Waals surface area contributed by atoms with Gasteiger partial charge < -0.3 is 15.1 Å². The van der Waals surface area contributed by atoms with Gasteiger partial charge in [-0.3, -0.25) is 4.79 Å². The first-order chi connectivity index (χ1) is 12.5. The summed E-state index contributed by atoms with van der Waals surface area (Å²) in [6.07, 6.45) is 0. The molecule has 0 aromatic heterocycles. The van der Waals surface area contributed by atoms with Crippen LogP contribution in [0.2, 0.25) is 0 Å². The number of rotatable bonds is 5. The van der Waals surface area contributed by atoms with Gasteiger partial charge in [0.05, 0.1) is 0 Å². The van der Waals surface area contributed by atoms with Gasteiger partial charge in [0.2, 0.25) is 0 Å². The number of halogens is 1. The van der Waals surface area contributed by atoms with Crippen molar-refractivity contribution in [2.45, 2.75) is 20.4 Å². The fourth-order valence-electron chi connectivity index (χ4n) is 3.74. The third kappa shape index (κ3) is 5.38. The van der Waals surface area contributed by atoms with Crippen LogP contribution in [0, 0.1) is 19.7 Å². The molecule has 0 unspecified atom stereocenters. The molecule has 1 aliphatic rings. The molecule has 0 spiro atoms. The molecule has 3 rings (SSSR count). The van der Waals surface area contributed by atoms with Gasteiger partial charge in [0.1, 0.15) is 38.5 Å². The molecule has 0 bridgehead atoms. The highest BCUT2D eigenvalue weighted by Gasteiger charge is 2.25. The van der Waals surface area contributed by atoms with E-state index in [-0.39, 0.29) is 11.7 Å². The Kier molecular flexibility index (Phi) is 6.01. The van der Waals surface area contributed by atoms with Gasteiger partial charge in [0.15, 0.2) is 6.54 Å². The molecule has 2 aromatic rings. The van der Waals surface area contributed by atoms with Gasteiger partial charge >= 0.3 is 0 Å². The van der Waals surface area contributed by atoms with E-state index in [2.05, 4.69) is 37.4 Å². The van der Waals surface area contributed by atoms with Gasteiger partial charge in [-0.25, -0.2) is 4.39 Å². The van der Waals surface area contributed by atoms with Crippen LogP contribution in [0.3, 0.4) is 0 Å². The van der Waals surface area contributed by atoms with Crippen molar-refractivity contribution in [3.63, 3.8) is 0 Å². The first-order valence-electron chi connectivity index (χ1n) is 9.27. The summed E-state index contributed by atoms with van der Waals surface area (Å²) in [7, 11) is 0. The Balaban J connectivity index is 1.44. The van der Waals surface area contributed by atoms with Crippen molar-refractivity contribution in [3.8, 4) is 0 Å². The van der Waals surface area contributed by atoms with Crippen LogP contribution in [-0.2, 0) is 11.3 Å². The summed E-state index contributed by atoms with van der Waals surface area (Å²) < 4.78 is 12.9. The highest BCUT2D eigenvalue weighted by atomic mass is 19.1. The van der Waals surface area contributed by atoms with Gasteiger partial charge in [0.25, 0.3) is 5.91 Å². The lowest BCUT2D eigenvalue weighted by molar-refractivity contribution is -1.02. The summed E-state index contributed by atoms with van der Waals surface area (Å²) in [4.78, 5) is 15.1. The first kappa shape index (κ1) is 18.5. The molecular weight excluding hydrogens is 329 g/mol. The van der Waals surface area contributed by atoms with E-state index in [0.717, 1.165) is 32.7 Å². The number of piperazine rings is 1. The number of amides is 1. The number of carbonyl (C=O) groups is 1. The number of aryl methyl sites for hydroxylation is 2. The van der Waals surface area contributed by atoms with Crippen LogP contribution < -0.4 is 15.1 Å². The molecule has 1 aliphatic heterocycles. The zero-order valence-corrected chi connectivity index (χ0v) is 15.6. The lowest BCUT2D eigenvalue weighted by Gasteiger charge is -2.29. The van der Waals surface area contributed by atoms with Crippen LogP contribution in [0.1, 0.15) is 16.7 Å². The van der Waals surface area contributed by atoms with Crippen molar-refractivity contribution in [2.24, 2.45) is 0 Å². The Morgan fingerprint density at radius 1 is 0.962 bits per heavy atom. The number of hydrogen-bond donors (Lipinski definition) is 3. The second-order valence-electron chi connectivity index (χ2n) is 7.40. The topological polar surface area (TPSA) is 38.0 Å². The number of nitrogens with one attached hydrogen (secondary N) is 3. The minimum atomic E-state index is -0.295. The maximum absolute atomic E-state index is 12.9. The average molecular weight is 357 g/mol. The van der Waals surface area contributed by atoms with Gasteiger partial charge in [0, 0.05) is 11.3 Å². The van der Waals surface area contributed by atoms with E-state index in [0.29, 0.717) is 12.2 Å². The standard InChI is InChI=1S/C21H26FN3O/c1-16-11-17(2)13-18(12-16)14-24-7-9-25(10-8-24)15-21(26)23-20-5-3-19(22)4-6-20/h3-6,11-13H,7-10,14-15H2,1-2H3,(H,23,26)/p+2. The number of hydrogen-bond acceptors (Lipinski definition) is 1. The maximum atomic E-state index is 12.9. The summed E-state index contributed by atoms with van der Waals surface area (Å²) in [6, 6.07) is 12.7. The molecule has 5 heteroatoms. The van der Waals surface area contributed by atoms with Gasteiger partial charge in [-0.05, 0) is 38.1 Å². The molecule has 138 valence electrons. The Labute approximate surface area is 154 Å². The zero-order valence-electron chi connectivity index (χ0n) is 15.6. The SMILES string of the molecule is Cc1cc(C)cc(C[NH+]2CC[NH+](CC(=O)Nc3ccc(F)cc3)CC2)c1. The summed E-state index contributed by atoms with van der Waals surface area (Å²) in [6.45, 7) is 9.96. The van der Waals surface area contributed by atoms with Crippen LogP contribution in [0.15, 0.2) is 42.5 Å². The predicted octanol–water partition coefficient (Wildman–Crippen LogP) is 0.365. The zero-order chi connectivity index (χ0) is 18.5. The molecule has 1 fully saturated rings. The number of quaternary nitrogens is 2. The third-order valence-corrected chi connectivity index (χ3v) is 4.94. The summed E-state index contributed by atoms with van der Waals surface area (Å²) in [5.41, 5.74) is 4.69. The van der Waals surface area contributed by atoms with Crippen LogP contribution in [0.4, 0.5) is 10.1 Å². The Hall–Kier alpha value is -2.24. The molecule has 3 N–H and O–H groups in total. The van der Waals surface area contributed by atoms with E-state index < -0.39 is 0 Å². The number of carbonyl (C=O) groups excluding carboxylic acids is 1. The van der Waals surface area contributed by atoms with Crippen molar-refractivity contribution in [1.82, 2.24) is 0 Å². The highest BCUT2D eigenvalue weighted by Crippen LogP contribution is 2.08. The van der Waals surface area contributed by atoms with Crippen LogP contribution in [-0.4, -0.2) is 38.6 Å². The van der Waals surface area contributed by atoms with Gasteiger partial charge in [-0.15, -0.1) is 0 Å². The van der Waals surface area contributed by atoms with E-state index in [1.165, 1.54) is 33.7 Å². The molecule has 1 heterocycles. The fourth-order valence-corrected chi connectivity index (χ4v) is 3.74. The van der Waals surface area contributed by atoms with Gasteiger partial charge in [-0.2, -0.15) is 0 Å². The van der Waals surface area contributed by atoms with Crippen LogP contribution in [0.25, 0.3) is 0 Å². The molecular formula is C21H28FN3O+2. The lowest BCUT2D eigenvalue weighted by atomic mass is 10.1. The molecule has 0 saturated carbocycles. The molecule has 2 aromatic carbocycles. The molecule has 0 aliphatic carbocycles. The lowest BCUT2D eigenvalue weighted by Crippen LogP contribution is -3.28. The minimum absolute atomic E-state index is 0.00985. The Morgan fingerprint density at radius 3 is 2.15 bits per heavy atom. The Bertz CT molecular complexity index is 732. The van der Waals surface area contributed by atoms with Crippen LogP contribution in [0.5, 0.6) is 0 Å². The predicted molar refractivity (Wildman–Crippen MR) is 101 cm³/mol. The highest BCUT2D eigenvalue weighted by molar-refractivity contribution is 5.91. The van der Waals surface area contributed by atoms with Gasteiger partial charge in [-0.1, -0.05) is 29.3 Å². The maximum Gasteiger partial charge on any atom is 0.279 e. The summed E-state index contributed by atoms with van der Waals surface area (Å²) in [5.74, 6) is -0.305. The van der Waals surface area contributed by atoms with Crippen molar-refractivity contribution < 1.29 is 19.0 Å². The summed E-state index contributed by atoms with van der Waals surface area (Å²) >= 11 is 0. The number of benzene rings is 2. The molecule has 1 saturated heterocycles. The number of anilines is 1. The molecule has 26 heavy (non-hydrogen) atoms. The van der Waals surface area contributed by atoms with E-state index in [9.17, 15) is 9.18 Å². The molecule has 0 radical (unpaired) electrons. The normalized spacial score (nSPS) is 20.0. The van der Waals surface area contributed by atoms with Crippen LogP contribution >= 0.6 is 0 Å². The van der Waals surface area contributed by atoms with E-state index in [1.54, 1.807) is 17.0 Å². The fraction of sp³-hybridized carbons (Fsp3) is 0.381. The molecule has 1 amide bonds. The van der Waals surface area contributed by atoms with Crippen molar-refractivity contribution in [1.29, 1.82) is 0 Å². The first-order valence-corrected chi connectivity index (χ1v) is 9.27. The van der Waals surface area contributed by atoms with E-state index >= 15 is 0 Å². The average Bonchev–Trinajstić information content (AvgIpc) is 2.58.